The maximum absolute atomic E-state index is 13.4. The van der Waals surface area contributed by atoms with Crippen molar-refractivity contribution >= 4 is 17.7 Å². The van der Waals surface area contributed by atoms with E-state index in [9.17, 15) is 18.8 Å². The molecule has 7 heteroatoms. The van der Waals surface area contributed by atoms with E-state index in [2.05, 4.69) is 5.32 Å². The topological polar surface area (TPSA) is 69.7 Å². The molecule has 1 aliphatic carbocycles. The van der Waals surface area contributed by atoms with Crippen LogP contribution in [0.5, 0.6) is 0 Å². The molecule has 1 N–H and O–H groups in total. The predicted molar refractivity (Wildman–Crippen MR) is 103 cm³/mol. The fourth-order valence-electron chi connectivity index (χ4n) is 4.32. The van der Waals surface area contributed by atoms with Gasteiger partial charge < -0.3 is 15.1 Å². The lowest BCUT2D eigenvalue weighted by Crippen LogP contribution is -2.55. The van der Waals surface area contributed by atoms with Gasteiger partial charge in [0.05, 0.1) is 12.3 Å². The number of carbonyl (C=O) groups is 3. The third kappa shape index (κ3) is 4.88. The van der Waals surface area contributed by atoms with Crippen molar-refractivity contribution in [1.29, 1.82) is 0 Å². The molecule has 0 radical (unpaired) electrons. The molecule has 2 atom stereocenters. The number of amides is 3. The van der Waals surface area contributed by atoms with Gasteiger partial charge in [0.15, 0.2) is 0 Å². The average Bonchev–Trinajstić information content (AvgIpc) is 2.66. The highest BCUT2D eigenvalue weighted by molar-refractivity contribution is 5.82. The number of hydrogen-bond donors (Lipinski definition) is 1. The van der Waals surface area contributed by atoms with E-state index in [4.69, 9.17) is 0 Å². The van der Waals surface area contributed by atoms with E-state index in [1.54, 1.807) is 21.9 Å². The first-order chi connectivity index (χ1) is 13.5. The van der Waals surface area contributed by atoms with Crippen LogP contribution in [0, 0.1) is 11.7 Å². The molecular formula is C21H28FN3O3. The van der Waals surface area contributed by atoms with Gasteiger partial charge in [-0.1, -0.05) is 25.0 Å². The first-order valence-corrected chi connectivity index (χ1v) is 10.0. The van der Waals surface area contributed by atoms with E-state index in [0.717, 1.165) is 25.7 Å². The third-order valence-corrected chi connectivity index (χ3v) is 5.76. The van der Waals surface area contributed by atoms with E-state index in [1.807, 2.05) is 0 Å². The number of hydrogen-bond acceptors (Lipinski definition) is 3. The molecule has 1 saturated heterocycles. The summed E-state index contributed by atoms with van der Waals surface area (Å²) in [5.41, 5.74) is 0.613. The molecule has 0 bridgehead atoms. The number of carbonyl (C=O) groups excluding carboxylic acids is 3. The quantitative estimate of drug-likeness (QED) is 0.838. The van der Waals surface area contributed by atoms with Gasteiger partial charge in [0.25, 0.3) is 0 Å². The monoisotopic (exact) mass is 389 g/mol. The van der Waals surface area contributed by atoms with Crippen LogP contribution in [0.1, 0.15) is 38.2 Å². The van der Waals surface area contributed by atoms with Gasteiger partial charge in [-0.15, -0.1) is 0 Å². The van der Waals surface area contributed by atoms with E-state index in [1.165, 1.54) is 19.1 Å². The fraction of sp³-hybridized carbons (Fsp3) is 0.571. The van der Waals surface area contributed by atoms with Crippen LogP contribution in [0.15, 0.2) is 24.3 Å². The number of benzene rings is 1. The van der Waals surface area contributed by atoms with Crippen LogP contribution in [-0.4, -0.2) is 59.7 Å². The molecule has 0 spiro atoms. The molecule has 1 aromatic carbocycles. The molecule has 3 amide bonds. The van der Waals surface area contributed by atoms with Gasteiger partial charge in [-0.3, -0.25) is 14.4 Å². The Morgan fingerprint density at radius 3 is 2.71 bits per heavy atom. The Morgan fingerprint density at radius 1 is 1.18 bits per heavy atom. The van der Waals surface area contributed by atoms with Crippen molar-refractivity contribution in [1.82, 2.24) is 15.1 Å². The van der Waals surface area contributed by atoms with Gasteiger partial charge in [0, 0.05) is 39.1 Å². The van der Waals surface area contributed by atoms with Gasteiger partial charge in [0.1, 0.15) is 5.82 Å². The Morgan fingerprint density at radius 2 is 1.96 bits per heavy atom. The van der Waals surface area contributed by atoms with E-state index in [-0.39, 0.29) is 41.9 Å². The summed E-state index contributed by atoms with van der Waals surface area (Å²) in [5, 5.41) is 2.94. The number of nitrogens with one attached hydrogen (secondary N) is 1. The minimum absolute atomic E-state index is 0.0321. The highest BCUT2D eigenvalue weighted by Gasteiger charge is 2.36. The zero-order valence-electron chi connectivity index (χ0n) is 16.3. The zero-order valence-corrected chi connectivity index (χ0v) is 16.3. The zero-order chi connectivity index (χ0) is 20.1. The lowest BCUT2D eigenvalue weighted by Gasteiger charge is -2.40. The van der Waals surface area contributed by atoms with E-state index < -0.39 is 0 Å². The second-order valence-electron chi connectivity index (χ2n) is 7.65. The molecule has 152 valence electrons. The summed E-state index contributed by atoms with van der Waals surface area (Å²) in [6, 6.07) is 5.90. The van der Waals surface area contributed by atoms with Crippen LogP contribution in [0.3, 0.4) is 0 Å². The Hall–Kier alpha value is -2.44. The number of rotatable bonds is 2. The van der Waals surface area contributed by atoms with Crippen molar-refractivity contribution in [3.8, 4) is 0 Å². The minimum atomic E-state index is -0.371. The Kier molecular flexibility index (Phi) is 6.65. The third-order valence-electron chi connectivity index (χ3n) is 5.76. The Balaban J connectivity index is 1.73. The second kappa shape index (κ2) is 9.17. The van der Waals surface area contributed by atoms with Crippen LogP contribution < -0.4 is 5.32 Å². The first kappa shape index (κ1) is 20.3. The summed E-state index contributed by atoms with van der Waals surface area (Å²) in [7, 11) is 0. The molecule has 0 unspecified atom stereocenters. The maximum Gasteiger partial charge on any atom is 0.227 e. The van der Waals surface area contributed by atoms with Gasteiger partial charge in [-0.05, 0) is 30.5 Å². The van der Waals surface area contributed by atoms with E-state index in [0.29, 0.717) is 31.7 Å². The molecule has 2 fully saturated rings. The van der Waals surface area contributed by atoms with Crippen LogP contribution in [0.2, 0.25) is 0 Å². The van der Waals surface area contributed by atoms with Crippen molar-refractivity contribution in [2.24, 2.45) is 5.92 Å². The standard InChI is InChI=1S/C21H28FN3O3/c1-15(26)25-12-11-24(20(27)14-16-5-4-6-17(22)13-16)10-9-23-21(28)18-7-2-3-8-19(18)25/h4-6,13,18-19H,2-3,7-12,14H2,1H3,(H,23,28)/t18-,19+/m0/s1. The van der Waals surface area contributed by atoms with Gasteiger partial charge in [0.2, 0.25) is 17.7 Å². The van der Waals surface area contributed by atoms with Crippen molar-refractivity contribution in [2.45, 2.75) is 45.1 Å². The smallest absolute Gasteiger partial charge is 0.227 e. The van der Waals surface area contributed by atoms with Crippen LogP contribution >= 0.6 is 0 Å². The largest absolute Gasteiger partial charge is 0.354 e. The predicted octanol–water partition coefficient (Wildman–Crippen LogP) is 1.73. The molecule has 28 heavy (non-hydrogen) atoms. The molecule has 1 aliphatic heterocycles. The highest BCUT2D eigenvalue weighted by Crippen LogP contribution is 2.29. The summed E-state index contributed by atoms with van der Waals surface area (Å²) in [6.07, 6.45) is 3.70. The number of fused-ring (bicyclic) bond motifs is 1. The lowest BCUT2D eigenvalue weighted by molar-refractivity contribution is -0.140. The van der Waals surface area contributed by atoms with Crippen LogP contribution in [0.4, 0.5) is 4.39 Å². The normalized spacial score (nSPS) is 23.6. The van der Waals surface area contributed by atoms with E-state index >= 15 is 0 Å². The van der Waals surface area contributed by atoms with Crippen molar-refractivity contribution in [3.63, 3.8) is 0 Å². The summed E-state index contributed by atoms with van der Waals surface area (Å²) >= 11 is 0. The molecule has 1 heterocycles. The van der Waals surface area contributed by atoms with Crippen molar-refractivity contribution < 1.29 is 18.8 Å². The molecule has 2 aliphatic rings. The SMILES string of the molecule is CC(=O)N1CCN(C(=O)Cc2cccc(F)c2)CCNC(=O)[C@H]2CCCC[C@H]21. The summed E-state index contributed by atoms with van der Waals surface area (Å²) < 4.78 is 13.4. The molecular weight excluding hydrogens is 361 g/mol. The molecule has 0 aromatic heterocycles. The van der Waals surface area contributed by atoms with Crippen molar-refractivity contribution in [2.75, 3.05) is 26.2 Å². The highest BCUT2D eigenvalue weighted by atomic mass is 19.1. The molecule has 1 saturated carbocycles. The number of nitrogens with zero attached hydrogens (tertiary/aromatic N) is 2. The summed E-state index contributed by atoms with van der Waals surface area (Å²) in [5.74, 6) is -0.779. The Bertz CT molecular complexity index is 739. The van der Waals surface area contributed by atoms with Gasteiger partial charge in [-0.25, -0.2) is 4.39 Å². The first-order valence-electron chi connectivity index (χ1n) is 10.0. The summed E-state index contributed by atoms with van der Waals surface area (Å²) in [4.78, 5) is 41.1. The summed E-state index contributed by atoms with van der Waals surface area (Å²) in [6.45, 7) is 3.11. The van der Waals surface area contributed by atoms with Crippen molar-refractivity contribution in [3.05, 3.63) is 35.6 Å². The Labute approximate surface area is 165 Å². The fourth-order valence-corrected chi connectivity index (χ4v) is 4.32. The lowest BCUT2D eigenvalue weighted by atomic mass is 9.82. The minimum Gasteiger partial charge on any atom is -0.354 e. The molecule has 3 rings (SSSR count). The van der Waals surface area contributed by atoms with Gasteiger partial charge in [-0.2, -0.15) is 0 Å². The number of halogens is 1. The second-order valence-corrected chi connectivity index (χ2v) is 7.65. The van der Waals surface area contributed by atoms with Gasteiger partial charge >= 0.3 is 0 Å². The average molecular weight is 389 g/mol. The maximum atomic E-state index is 13.4. The van der Waals surface area contributed by atoms with Crippen LogP contribution in [-0.2, 0) is 20.8 Å². The van der Waals surface area contributed by atoms with Crippen LogP contribution in [0.25, 0.3) is 0 Å². The molecule has 1 aromatic rings. The molecule has 6 nitrogen and oxygen atoms in total.